The molecule has 1 fully saturated rings. The molecule has 1 saturated heterocycles. The topological polar surface area (TPSA) is 15.3 Å². The van der Waals surface area contributed by atoms with E-state index in [2.05, 4.69) is 48.3 Å². The van der Waals surface area contributed by atoms with E-state index in [1.54, 1.807) is 5.56 Å². The van der Waals surface area contributed by atoms with Gasteiger partial charge in [0.1, 0.15) is 0 Å². The first kappa shape index (κ1) is 12.2. The van der Waals surface area contributed by atoms with Gasteiger partial charge in [0, 0.05) is 32.2 Å². The Morgan fingerprint density at radius 3 is 2.61 bits per heavy atom. The van der Waals surface area contributed by atoms with Gasteiger partial charge in [0.05, 0.1) is 0 Å². The first-order valence-electron chi connectivity index (χ1n) is 7.26. The summed E-state index contributed by atoms with van der Waals surface area (Å²) < 4.78 is 0. The Bertz CT molecular complexity index is 405. The smallest absolute Gasteiger partial charge is 0.0476 e. The lowest BCUT2D eigenvalue weighted by molar-refractivity contribution is 0.0904. The van der Waals surface area contributed by atoms with Crippen molar-refractivity contribution in [1.82, 2.24) is 10.2 Å². The van der Waals surface area contributed by atoms with Crippen LogP contribution < -0.4 is 5.32 Å². The predicted molar refractivity (Wildman–Crippen MR) is 75.4 cm³/mol. The third kappa shape index (κ3) is 2.32. The number of nitrogens with one attached hydrogen (secondary N) is 1. The van der Waals surface area contributed by atoms with Gasteiger partial charge in [-0.05, 0) is 29.4 Å². The van der Waals surface area contributed by atoms with Gasteiger partial charge in [-0.25, -0.2) is 0 Å². The molecule has 0 amide bonds. The monoisotopic (exact) mass is 244 g/mol. The van der Waals surface area contributed by atoms with Crippen LogP contribution >= 0.6 is 0 Å². The summed E-state index contributed by atoms with van der Waals surface area (Å²) >= 11 is 0. The first-order valence-corrected chi connectivity index (χ1v) is 7.26. The van der Waals surface area contributed by atoms with Crippen LogP contribution in [0, 0.1) is 11.8 Å². The van der Waals surface area contributed by atoms with Crippen LogP contribution in [0.25, 0.3) is 0 Å². The van der Waals surface area contributed by atoms with Crippen LogP contribution in [0.5, 0.6) is 0 Å². The van der Waals surface area contributed by atoms with Gasteiger partial charge in [0.25, 0.3) is 0 Å². The summed E-state index contributed by atoms with van der Waals surface area (Å²) in [5.74, 6) is 1.67. The predicted octanol–water partition coefficient (Wildman–Crippen LogP) is 2.81. The number of benzene rings is 1. The molecule has 0 saturated carbocycles. The molecule has 2 heteroatoms. The number of nitrogens with zero attached hydrogens (tertiary/aromatic N) is 1. The first-order chi connectivity index (χ1) is 8.74. The minimum absolute atomic E-state index is 0.583. The Morgan fingerprint density at radius 2 is 1.83 bits per heavy atom. The van der Waals surface area contributed by atoms with Crippen LogP contribution in [0.1, 0.15) is 37.4 Å². The summed E-state index contributed by atoms with van der Waals surface area (Å²) in [6, 6.07) is 9.52. The highest BCUT2D eigenvalue weighted by atomic mass is 15.2. The van der Waals surface area contributed by atoms with E-state index in [9.17, 15) is 0 Å². The molecule has 18 heavy (non-hydrogen) atoms. The molecule has 1 aromatic carbocycles. The molecule has 0 aromatic heterocycles. The zero-order chi connectivity index (χ0) is 12.5. The number of rotatable bonds is 1. The largest absolute Gasteiger partial charge is 0.311 e. The molecule has 2 aliphatic heterocycles. The number of likely N-dealkylation sites (tertiary alicyclic amines) is 1. The molecule has 0 bridgehead atoms. The van der Waals surface area contributed by atoms with E-state index in [4.69, 9.17) is 0 Å². The molecule has 1 aromatic rings. The second-order valence-corrected chi connectivity index (χ2v) is 6.25. The zero-order valence-electron chi connectivity index (χ0n) is 11.5. The number of hydrogen-bond donors (Lipinski definition) is 1. The SMILES string of the molecule is CC1CC(C)CN(C2CNCc3ccccc32)C1. The summed E-state index contributed by atoms with van der Waals surface area (Å²) in [5.41, 5.74) is 3.04. The molecule has 3 unspecified atom stereocenters. The van der Waals surface area contributed by atoms with Gasteiger partial charge in [0.2, 0.25) is 0 Å². The van der Waals surface area contributed by atoms with Crippen LogP contribution in [-0.4, -0.2) is 24.5 Å². The van der Waals surface area contributed by atoms with Gasteiger partial charge in [0.15, 0.2) is 0 Å². The van der Waals surface area contributed by atoms with Crippen LogP contribution in [0.4, 0.5) is 0 Å². The van der Waals surface area contributed by atoms with Crippen molar-refractivity contribution in [3.8, 4) is 0 Å². The molecule has 2 aliphatic rings. The maximum atomic E-state index is 3.58. The van der Waals surface area contributed by atoms with Crippen LogP contribution in [0.2, 0.25) is 0 Å². The lowest BCUT2D eigenvalue weighted by Gasteiger charge is -2.42. The Morgan fingerprint density at radius 1 is 1.11 bits per heavy atom. The highest BCUT2D eigenvalue weighted by Gasteiger charge is 2.30. The summed E-state index contributed by atoms with van der Waals surface area (Å²) in [6.07, 6.45) is 1.39. The van der Waals surface area contributed by atoms with E-state index in [1.165, 1.54) is 25.1 Å². The van der Waals surface area contributed by atoms with Gasteiger partial charge < -0.3 is 5.32 Å². The van der Waals surface area contributed by atoms with Crippen molar-refractivity contribution in [3.05, 3.63) is 35.4 Å². The van der Waals surface area contributed by atoms with E-state index < -0.39 is 0 Å². The summed E-state index contributed by atoms with van der Waals surface area (Å²) in [6.45, 7) is 9.44. The van der Waals surface area contributed by atoms with Crippen molar-refractivity contribution in [2.45, 2.75) is 32.9 Å². The molecule has 2 nitrogen and oxygen atoms in total. The quantitative estimate of drug-likeness (QED) is 0.817. The van der Waals surface area contributed by atoms with Crippen LogP contribution in [0.3, 0.4) is 0 Å². The fourth-order valence-electron chi connectivity index (χ4n) is 3.77. The maximum Gasteiger partial charge on any atom is 0.0476 e. The summed E-state index contributed by atoms with van der Waals surface area (Å²) in [5, 5.41) is 3.58. The molecule has 98 valence electrons. The Kier molecular flexibility index (Phi) is 3.40. The molecule has 0 radical (unpaired) electrons. The Balaban J connectivity index is 1.85. The summed E-state index contributed by atoms with van der Waals surface area (Å²) in [7, 11) is 0. The van der Waals surface area contributed by atoms with Crippen LogP contribution in [0.15, 0.2) is 24.3 Å². The Labute approximate surface area is 110 Å². The second kappa shape index (κ2) is 5.02. The Hall–Kier alpha value is -0.860. The van der Waals surface area contributed by atoms with Gasteiger partial charge >= 0.3 is 0 Å². The number of hydrogen-bond acceptors (Lipinski definition) is 2. The van der Waals surface area contributed by atoms with E-state index in [0.717, 1.165) is 24.9 Å². The fourth-order valence-corrected chi connectivity index (χ4v) is 3.77. The third-order valence-electron chi connectivity index (χ3n) is 4.41. The third-order valence-corrected chi connectivity index (χ3v) is 4.41. The average Bonchev–Trinajstić information content (AvgIpc) is 2.37. The van der Waals surface area contributed by atoms with Gasteiger partial charge in [-0.3, -0.25) is 4.90 Å². The second-order valence-electron chi connectivity index (χ2n) is 6.25. The lowest BCUT2D eigenvalue weighted by atomic mass is 9.88. The van der Waals surface area contributed by atoms with Crippen molar-refractivity contribution in [2.24, 2.45) is 11.8 Å². The molecular weight excluding hydrogens is 220 g/mol. The van der Waals surface area contributed by atoms with Crippen molar-refractivity contribution >= 4 is 0 Å². The number of fused-ring (bicyclic) bond motifs is 1. The fraction of sp³-hybridized carbons (Fsp3) is 0.625. The maximum absolute atomic E-state index is 3.58. The molecular formula is C16H24N2. The van der Waals surface area contributed by atoms with E-state index in [1.807, 2.05) is 0 Å². The highest BCUT2D eigenvalue weighted by molar-refractivity contribution is 5.32. The zero-order valence-corrected chi connectivity index (χ0v) is 11.5. The average molecular weight is 244 g/mol. The van der Waals surface area contributed by atoms with Crippen molar-refractivity contribution in [1.29, 1.82) is 0 Å². The minimum Gasteiger partial charge on any atom is -0.311 e. The van der Waals surface area contributed by atoms with E-state index in [-0.39, 0.29) is 0 Å². The standard InChI is InChI=1S/C16H24N2/c1-12-7-13(2)11-18(10-12)16-9-17-8-14-5-3-4-6-15(14)16/h3-6,12-13,16-17H,7-11H2,1-2H3. The molecule has 3 atom stereocenters. The normalized spacial score (nSPS) is 33.1. The molecule has 0 spiro atoms. The molecule has 1 N–H and O–H groups in total. The van der Waals surface area contributed by atoms with E-state index >= 15 is 0 Å². The molecule has 2 heterocycles. The van der Waals surface area contributed by atoms with E-state index in [0.29, 0.717) is 6.04 Å². The molecule has 0 aliphatic carbocycles. The molecule has 3 rings (SSSR count). The van der Waals surface area contributed by atoms with Crippen LogP contribution in [-0.2, 0) is 6.54 Å². The van der Waals surface area contributed by atoms with Crippen molar-refractivity contribution in [2.75, 3.05) is 19.6 Å². The minimum atomic E-state index is 0.583. The van der Waals surface area contributed by atoms with Crippen molar-refractivity contribution < 1.29 is 0 Å². The van der Waals surface area contributed by atoms with Gasteiger partial charge in [-0.2, -0.15) is 0 Å². The lowest BCUT2D eigenvalue weighted by Crippen LogP contribution is -2.46. The van der Waals surface area contributed by atoms with Gasteiger partial charge in [-0.1, -0.05) is 38.1 Å². The highest BCUT2D eigenvalue weighted by Crippen LogP contribution is 2.32. The van der Waals surface area contributed by atoms with Gasteiger partial charge in [-0.15, -0.1) is 0 Å². The number of piperidine rings is 1. The van der Waals surface area contributed by atoms with Crippen molar-refractivity contribution in [3.63, 3.8) is 0 Å². The summed E-state index contributed by atoms with van der Waals surface area (Å²) in [4.78, 5) is 2.70.